The van der Waals surface area contributed by atoms with Crippen LogP contribution in [-0.2, 0) is 28.1 Å². The minimum Gasteiger partial charge on any atom is -0.466 e. The second-order valence-electron chi connectivity index (χ2n) is 5.85. The monoisotopic (exact) mass is 404 g/mol. The molecule has 0 saturated carbocycles. The van der Waals surface area contributed by atoms with Gasteiger partial charge in [-0.25, -0.2) is 9.59 Å². The van der Waals surface area contributed by atoms with Gasteiger partial charge in [0.25, 0.3) is 5.56 Å². The molecular formula is C15H21N2O9P. The molecule has 1 unspecified atom stereocenters. The summed E-state index contributed by atoms with van der Waals surface area (Å²) in [6, 6.07) is 0. The van der Waals surface area contributed by atoms with Crippen LogP contribution >= 0.6 is 7.60 Å². The van der Waals surface area contributed by atoms with Crippen molar-refractivity contribution in [3.8, 4) is 0 Å². The first kappa shape index (κ1) is 21.3. The Balaban J connectivity index is 2.25. The van der Waals surface area contributed by atoms with Gasteiger partial charge in [0.2, 0.25) is 0 Å². The van der Waals surface area contributed by atoms with E-state index in [1.165, 1.54) is 26.5 Å². The minimum atomic E-state index is -3.70. The fourth-order valence-corrected chi connectivity index (χ4v) is 2.96. The van der Waals surface area contributed by atoms with Gasteiger partial charge in [-0.2, -0.15) is 0 Å². The fourth-order valence-electron chi connectivity index (χ4n) is 2.54. The quantitative estimate of drug-likeness (QED) is 0.360. The molecule has 11 nitrogen and oxygen atoms in total. The molecule has 0 amide bonds. The van der Waals surface area contributed by atoms with Gasteiger partial charge in [0.1, 0.15) is 12.3 Å². The van der Waals surface area contributed by atoms with E-state index in [1.54, 1.807) is 0 Å². The van der Waals surface area contributed by atoms with Gasteiger partial charge >= 0.3 is 19.3 Å². The van der Waals surface area contributed by atoms with E-state index in [2.05, 4.69) is 9.72 Å². The second kappa shape index (κ2) is 8.77. The maximum absolute atomic E-state index is 12.1. The third-order valence-electron chi connectivity index (χ3n) is 3.87. The van der Waals surface area contributed by atoms with Gasteiger partial charge in [0.05, 0.1) is 25.4 Å². The Bertz CT molecular complexity index is 869. The molecule has 1 saturated heterocycles. The van der Waals surface area contributed by atoms with Crippen molar-refractivity contribution >= 4 is 19.6 Å². The third kappa shape index (κ3) is 5.72. The molecule has 27 heavy (non-hydrogen) atoms. The molecule has 1 fully saturated rings. The lowest BCUT2D eigenvalue weighted by Gasteiger charge is -2.18. The smallest absolute Gasteiger partial charge is 0.330 e. The number of H-pyrrole nitrogens is 1. The van der Waals surface area contributed by atoms with Gasteiger partial charge in [-0.15, -0.1) is 0 Å². The van der Waals surface area contributed by atoms with Crippen LogP contribution in [-0.4, -0.2) is 60.1 Å². The number of nitrogens with one attached hydrogen (secondary N) is 1. The van der Waals surface area contributed by atoms with E-state index in [0.717, 1.165) is 17.3 Å². The van der Waals surface area contributed by atoms with Crippen LogP contribution in [0.25, 0.3) is 6.08 Å². The van der Waals surface area contributed by atoms with Gasteiger partial charge < -0.3 is 23.6 Å². The summed E-state index contributed by atoms with van der Waals surface area (Å²) in [5, 5.41) is 0. The van der Waals surface area contributed by atoms with Crippen molar-refractivity contribution in [1.29, 1.82) is 0 Å². The molecule has 2 rings (SSSR count). The molecule has 0 spiro atoms. The number of nitrogens with zero attached hydrogens (tertiary/aromatic N) is 1. The lowest BCUT2D eigenvalue weighted by molar-refractivity contribution is -0.134. The number of ether oxygens (including phenoxy) is 3. The number of hydrogen-bond donors (Lipinski definition) is 2. The molecule has 4 atom stereocenters. The van der Waals surface area contributed by atoms with Crippen molar-refractivity contribution in [1.82, 2.24) is 9.55 Å². The molecule has 1 aliphatic heterocycles. The highest BCUT2D eigenvalue weighted by Crippen LogP contribution is 2.39. The Morgan fingerprint density at radius 3 is 2.78 bits per heavy atom. The highest BCUT2D eigenvalue weighted by atomic mass is 31.2. The number of aromatic amines is 1. The average molecular weight is 404 g/mol. The SMILES string of the molecule is COC(=O)/C=C/c1cn([C@H]2C[C@@H](OC)[C@@H](COP(C)(=O)O)O2)c(=O)[nH]c1=O. The minimum absolute atomic E-state index is 0.0469. The molecule has 1 aromatic rings. The topological polar surface area (TPSA) is 146 Å². The van der Waals surface area contributed by atoms with E-state index in [4.69, 9.17) is 14.0 Å². The zero-order chi connectivity index (χ0) is 20.2. The van der Waals surface area contributed by atoms with Crippen LogP contribution in [0.5, 0.6) is 0 Å². The molecule has 0 aliphatic carbocycles. The number of rotatable bonds is 7. The van der Waals surface area contributed by atoms with Crippen molar-refractivity contribution < 1.29 is 33.0 Å². The first-order valence-electron chi connectivity index (χ1n) is 7.89. The van der Waals surface area contributed by atoms with Gasteiger partial charge in [-0.1, -0.05) is 0 Å². The van der Waals surface area contributed by atoms with E-state index < -0.39 is 43.2 Å². The highest BCUT2D eigenvalue weighted by Gasteiger charge is 2.38. The first-order chi connectivity index (χ1) is 12.6. The summed E-state index contributed by atoms with van der Waals surface area (Å²) in [5.41, 5.74) is -1.34. The van der Waals surface area contributed by atoms with Crippen LogP contribution in [0.4, 0.5) is 0 Å². The molecule has 1 aromatic heterocycles. The van der Waals surface area contributed by atoms with Crippen molar-refractivity contribution in [2.24, 2.45) is 0 Å². The molecule has 2 N–H and O–H groups in total. The van der Waals surface area contributed by atoms with E-state index in [0.29, 0.717) is 0 Å². The summed E-state index contributed by atoms with van der Waals surface area (Å²) < 4.78 is 32.8. The fraction of sp³-hybridized carbons (Fsp3) is 0.533. The molecule has 12 heteroatoms. The molecular weight excluding hydrogens is 383 g/mol. The number of esters is 1. The van der Waals surface area contributed by atoms with Crippen LogP contribution in [0.15, 0.2) is 21.9 Å². The number of carbonyl (C=O) groups excluding carboxylic acids is 1. The van der Waals surface area contributed by atoms with Crippen LogP contribution in [0.3, 0.4) is 0 Å². The van der Waals surface area contributed by atoms with Crippen molar-refractivity contribution in [2.75, 3.05) is 27.5 Å². The van der Waals surface area contributed by atoms with Gasteiger partial charge in [-0.05, 0) is 6.08 Å². The maximum atomic E-state index is 12.1. The predicted octanol–water partition coefficient (Wildman–Crippen LogP) is -0.143. The average Bonchev–Trinajstić information content (AvgIpc) is 3.01. The molecule has 1 aliphatic rings. The first-order valence-corrected chi connectivity index (χ1v) is 9.91. The summed E-state index contributed by atoms with van der Waals surface area (Å²) in [4.78, 5) is 46.6. The van der Waals surface area contributed by atoms with E-state index in [1.807, 2.05) is 0 Å². The molecule has 0 aromatic carbocycles. The van der Waals surface area contributed by atoms with Crippen LogP contribution in [0.2, 0.25) is 0 Å². The summed E-state index contributed by atoms with van der Waals surface area (Å²) in [6.07, 6.45) is 1.77. The lowest BCUT2D eigenvalue weighted by atomic mass is 10.2. The Hall–Kier alpha value is -2.04. The number of carbonyl (C=O) groups is 1. The molecule has 0 radical (unpaired) electrons. The largest absolute Gasteiger partial charge is 0.466 e. The van der Waals surface area contributed by atoms with Crippen LogP contribution in [0.1, 0.15) is 18.2 Å². The van der Waals surface area contributed by atoms with Crippen molar-refractivity contribution in [3.05, 3.63) is 38.7 Å². The third-order valence-corrected chi connectivity index (χ3v) is 4.50. The van der Waals surface area contributed by atoms with Gasteiger partial charge in [0, 0.05) is 32.5 Å². The van der Waals surface area contributed by atoms with Crippen LogP contribution < -0.4 is 11.2 Å². The molecule has 150 valence electrons. The number of hydrogen-bond acceptors (Lipinski definition) is 8. The molecule has 2 heterocycles. The van der Waals surface area contributed by atoms with Crippen LogP contribution in [0, 0.1) is 0 Å². The number of methoxy groups -OCH3 is 2. The second-order valence-corrected chi connectivity index (χ2v) is 7.71. The predicted molar refractivity (Wildman–Crippen MR) is 93.4 cm³/mol. The summed E-state index contributed by atoms with van der Waals surface area (Å²) in [6.45, 7) is 0.847. The van der Waals surface area contributed by atoms with E-state index >= 15 is 0 Å². The highest BCUT2D eigenvalue weighted by molar-refractivity contribution is 7.51. The summed E-state index contributed by atoms with van der Waals surface area (Å²) in [7, 11) is -1.07. The van der Waals surface area contributed by atoms with Crippen molar-refractivity contribution in [3.63, 3.8) is 0 Å². The number of aromatic nitrogens is 2. The standard InChI is InChI=1S/C15H21N2O9P/c1-23-10-6-12(26-11(10)8-25-27(3,21)22)17-7-9(4-5-13(18)24-2)14(19)16-15(17)20/h4-5,7,10-12H,6,8H2,1-3H3,(H,21,22)(H,16,19,20)/b5-4+/t10-,11-,12-/m1/s1. The van der Waals surface area contributed by atoms with Gasteiger partial charge in [-0.3, -0.25) is 18.9 Å². The Labute approximate surface area is 154 Å². The Kier molecular flexibility index (Phi) is 6.90. The Morgan fingerprint density at radius 2 is 2.19 bits per heavy atom. The zero-order valence-electron chi connectivity index (χ0n) is 15.0. The van der Waals surface area contributed by atoms with E-state index in [9.17, 15) is 23.8 Å². The zero-order valence-corrected chi connectivity index (χ0v) is 15.9. The van der Waals surface area contributed by atoms with Crippen molar-refractivity contribution in [2.45, 2.75) is 24.9 Å². The normalized spacial score (nSPS) is 24.8. The maximum Gasteiger partial charge on any atom is 0.330 e. The summed E-state index contributed by atoms with van der Waals surface area (Å²) in [5.74, 6) is -0.658. The lowest BCUT2D eigenvalue weighted by Crippen LogP contribution is -2.33. The Morgan fingerprint density at radius 1 is 1.48 bits per heavy atom. The van der Waals surface area contributed by atoms with Gasteiger partial charge in [0.15, 0.2) is 0 Å². The molecule has 0 bridgehead atoms. The summed E-state index contributed by atoms with van der Waals surface area (Å²) >= 11 is 0. The van der Waals surface area contributed by atoms with E-state index in [-0.39, 0.29) is 18.6 Å².